The first kappa shape index (κ1) is 43.1. The minimum Gasteiger partial charge on any atom is -0.490 e. The van der Waals surface area contributed by atoms with Gasteiger partial charge in [-0.1, -0.05) is 48.5 Å². The van der Waals surface area contributed by atoms with E-state index in [1.54, 1.807) is 28.4 Å². The van der Waals surface area contributed by atoms with Gasteiger partial charge >= 0.3 is 6.18 Å². The molecule has 60 heavy (non-hydrogen) atoms. The van der Waals surface area contributed by atoms with Gasteiger partial charge in [0.25, 0.3) is 0 Å². The number of aliphatic hydroxyl groups excluding tert-OH is 1. The summed E-state index contributed by atoms with van der Waals surface area (Å²) in [4.78, 5) is 44.9. The SMILES string of the molecule is CN(C)c1cncc(-c2cnc(C(C)(C)N3CCN(C[C@@H](O)CC(Cc4ccccc4)C(=O)N4[C@H]5c6ccccc6OC[C@H]5OC4(C)C)[C@H](C(=O)NCC(F)(F)F)C3)o2)c1. The molecule has 4 aromatic rings. The lowest BCUT2D eigenvalue weighted by Crippen LogP contribution is -2.63. The summed E-state index contributed by atoms with van der Waals surface area (Å²) < 4.78 is 58.9. The number of benzene rings is 2. The number of hydrogen-bond donors (Lipinski definition) is 2. The smallest absolute Gasteiger partial charge is 0.405 e. The van der Waals surface area contributed by atoms with E-state index >= 15 is 0 Å². The zero-order chi connectivity index (χ0) is 43.0. The van der Waals surface area contributed by atoms with Crippen molar-refractivity contribution in [3.05, 3.63) is 96.3 Å². The first-order valence-electron chi connectivity index (χ1n) is 20.3. The van der Waals surface area contributed by atoms with Crippen molar-refractivity contribution in [3.63, 3.8) is 0 Å². The van der Waals surface area contributed by atoms with Crippen molar-refractivity contribution >= 4 is 17.5 Å². The van der Waals surface area contributed by atoms with E-state index in [9.17, 15) is 27.9 Å². The normalized spacial score (nSPS) is 21.7. The minimum atomic E-state index is -4.62. The van der Waals surface area contributed by atoms with Crippen molar-refractivity contribution in [3.8, 4) is 17.1 Å². The van der Waals surface area contributed by atoms with Crippen molar-refractivity contribution in [1.82, 2.24) is 30.0 Å². The van der Waals surface area contributed by atoms with Crippen LogP contribution in [-0.2, 0) is 26.3 Å². The molecule has 5 atom stereocenters. The van der Waals surface area contributed by atoms with Gasteiger partial charge in [-0.25, -0.2) is 4.98 Å². The van der Waals surface area contributed by atoms with Gasteiger partial charge in [-0.2, -0.15) is 13.2 Å². The van der Waals surface area contributed by atoms with Gasteiger partial charge in [0, 0.05) is 63.5 Å². The molecular formula is C44H54F3N7O6. The van der Waals surface area contributed by atoms with Crippen LogP contribution in [0.3, 0.4) is 0 Å². The molecule has 0 radical (unpaired) electrons. The highest BCUT2D eigenvalue weighted by Gasteiger charge is 2.54. The van der Waals surface area contributed by atoms with Crippen LogP contribution < -0.4 is 15.0 Å². The molecule has 0 bridgehead atoms. The van der Waals surface area contributed by atoms with Crippen molar-refractivity contribution in [1.29, 1.82) is 0 Å². The second-order valence-electron chi connectivity index (χ2n) is 17.1. The number of fused-ring (bicyclic) bond motifs is 3. The van der Waals surface area contributed by atoms with Gasteiger partial charge in [-0.15, -0.1) is 0 Å². The number of carbonyl (C=O) groups excluding carboxylic acids is 2. The fraction of sp³-hybridized carbons (Fsp3) is 0.500. The van der Waals surface area contributed by atoms with Gasteiger partial charge in [-0.3, -0.25) is 24.4 Å². The number of rotatable bonds is 13. The standard InChI is InChI=1S/C44H54F3N7O6/c1-42(2,41-49-23-36(59-41)30-19-31(51(5)6)22-48-21-30)53-17-16-52(34(25-53)39(56)50-27-44(45,46)47)24-32(55)20-29(18-28-12-8-7-9-13-28)40(57)54-38-33-14-10-11-15-35(33)58-26-37(38)60-43(54,3)4/h7-15,19,21-23,29,32,34,37-38,55H,16-18,20,24-27H2,1-6H3,(H,50,56)/t29?,32-,34-,37+,38-/m0/s1. The Morgan fingerprint density at radius 3 is 2.50 bits per heavy atom. The number of carbonyl (C=O) groups is 2. The molecular weight excluding hydrogens is 780 g/mol. The number of para-hydroxylation sites is 1. The van der Waals surface area contributed by atoms with Crippen LogP contribution in [0.4, 0.5) is 18.9 Å². The fourth-order valence-corrected chi connectivity index (χ4v) is 8.66. The molecule has 16 heteroatoms. The van der Waals surface area contributed by atoms with Gasteiger partial charge in [0.1, 0.15) is 36.8 Å². The maximum Gasteiger partial charge on any atom is 0.405 e. The van der Waals surface area contributed by atoms with Crippen LogP contribution >= 0.6 is 0 Å². The third kappa shape index (κ3) is 9.31. The number of alkyl halides is 3. The van der Waals surface area contributed by atoms with Crippen LogP contribution in [0, 0.1) is 5.92 Å². The number of aromatic nitrogens is 2. The zero-order valence-electron chi connectivity index (χ0n) is 34.9. The maximum absolute atomic E-state index is 14.9. The molecule has 5 heterocycles. The van der Waals surface area contributed by atoms with Crippen molar-refractivity contribution in [2.45, 2.75) is 82.3 Å². The highest BCUT2D eigenvalue weighted by atomic mass is 19.4. The van der Waals surface area contributed by atoms with Gasteiger partial charge in [0.05, 0.1) is 35.8 Å². The summed E-state index contributed by atoms with van der Waals surface area (Å²) >= 11 is 0. The maximum atomic E-state index is 14.9. The molecule has 0 saturated carbocycles. The van der Waals surface area contributed by atoms with Crippen LogP contribution in [0.15, 0.2) is 83.7 Å². The number of hydrogen-bond acceptors (Lipinski definition) is 11. The van der Waals surface area contributed by atoms with Gasteiger partial charge in [-0.05, 0) is 58.2 Å². The summed E-state index contributed by atoms with van der Waals surface area (Å²) in [5.74, 6) is -0.184. The molecule has 2 aromatic heterocycles. The molecule has 322 valence electrons. The van der Waals surface area contributed by atoms with E-state index in [2.05, 4.69) is 15.3 Å². The molecule has 0 spiro atoms. The number of β-amino-alcohol motifs (C(OH)–C–C–N with tert-alkyl or cyclic N) is 1. The van der Waals surface area contributed by atoms with E-state index < -0.39 is 60.1 Å². The average molecular weight is 834 g/mol. The summed E-state index contributed by atoms with van der Waals surface area (Å²) in [6.07, 6.45) is -0.771. The predicted molar refractivity (Wildman–Crippen MR) is 218 cm³/mol. The number of aliphatic hydroxyl groups is 1. The Bertz CT molecular complexity index is 2130. The van der Waals surface area contributed by atoms with E-state index in [4.69, 9.17) is 13.9 Å². The highest BCUT2D eigenvalue weighted by molar-refractivity contribution is 5.82. The molecule has 2 amide bonds. The molecule has 1 unspecified atom stereocenters. The largest absolute Gasteiger partial charge is 0.490 e. The third-order valence-corrected chi connectivity index (χ3v) is 11.8. The quantitative estimate of drug-likeness (QED) is 0.179. The van der Waals surface area contributed by atoms with E-state index in [0.717, 1.165) is 22.4 Å². The Morgan fingerprint density at radius 2 is 1.77 bits per heavy atom. The molecule has 13 nitrogen and oxygen atoms in total. The second-order valence-corrected chi connectivity index (χ2v) is 17.1. The van der Waals surface area contributed by atoms with E-state index in [0.29, 0.717) is 30.4 Å². The third-order valence-electron chi connectivity index (χ3n) is 11.8. The van der Waals surface area contributed by atoms with Gasteiger partial charge < -0.3 is 34.1 Å². The monoisotopic (exact) mass is 833 g/mol. The van der Waals surface area contributed by atoms with Crippen LogP contribution in [0.1, 0.15) is 57.2 Å². The Morgan fingerprint density at radius 1 is 1.03 bits per heavy atom. The fourth-order valence-electron chi connectivity index (χ4n) is 8.66. The van der Waals surface area contributed by atoms with Crippen LogP contribution in [-0.4, -0.2) is 125 Å². The van der Waals surface area contributed by atoms with Crippen LogP contribution in [0.25, 0.3) is 11.3 Å². The predicted octanol–water partition coefficient (Wildman–Crippen LogP) is 5.41. The van der Waals surface area contributed by atoms with Crippen molar-refractivity contribution < 1.29 is 41.8 Å². The number of piperazine rings is 1. The number of nitrogens with zero attached hydrogens (tertiary/aromatic N) is 6. The first-order valence-corrected chi connectivity index (χ1v) is 20.3. The lowest BCUT2D eigenvalue weighted by Gasteiger charge is -2.46. The topological polar surface area (TPSA) is 137 Å². The number of halogens is 3. The summed E-state index contributed by atoms with van der Waals surface area (Å²) in [6.45, 7) is 6.84. The van der Waals surface area contributed by atoms with Gasteiger partial charge in [0.15, 0.2) is 5.76 Å². The zero-order valence-corrected chi connectivity index (χ0v) is 34.9. The van der Waals surface area contributed by atoms with Gasteiger partial charge in [0.2, 0.25) is 17.7 Å². The molecule has 7 rings (SSSR count). The summed E-state index contributed by atoms with van der Waals surface area (Å²) in [5.41, 5.74) is 1.48. The van der Waals surface area contributed by atoms with Crippen molar-refractivity contribution in [2.24, 2.45) is 5.92 Å². The Balaban J connectivity index is 1.11. The van der Waals surface area contributed by atoms with E-state index in [-0.39, 0.29) is 38.6 Å². The first-order chi connectivity index (χ1) is 28.4. The summed E-state index contributed by atoms with van der Waals surface area (Å²) in [5, 5.41) is 13.9. The Kier molecular flexibility index (Phi) is 12.3. The number of pyridine rings is 1. The molecule has 2 aromatic carbocycles. The van der Waals surface area contributed by atoms with E-state index in [1.807, 2.05) is 112 Å². The Hall–Kier alpha value is -5.03. The Labute approximate surface area is 348 Å². The highest BCUT2D eigenvalue weighted by Crippen LogP contribution is 2.48. The van der Waals surface area contributed by atoms with Crippen molar-refractivity contribution in [2.75, 3.05) is 58.3 Å². The molecule has 0 aliphatic carbocycles. The summed E-state index contributed by atoms with van der Waals surface area (Å²) in [6, 6.07) is 17.6. The number of amides is 2. The number of anilines is 1. The van der Waals surface area contributed by atoms with Crippen LogP contribution in [0.5, 0.6) is 5.75 Å². The molecule has 2 N–H and O–H groups in total. The summed E-state index contributed by atoms with van der Waals surface area (Å²) in [7, 11) is 3.81. The number of nitrogens with one attached hydrogen (secondary N) is 1. The lowest BCUT2D eigenvalue weighted by atomic mass is 9.89. The molecule has 2 saturated heterocycles. The second kappa shape index (κ2) is 17.1. The number of oxazole rings is 1. The van der Waals surface area contributed by atoms with E-state index in [1.165, 1.54) is 0 Å². The molecule has 2 fully saturated rings. The number of ether oxygens (including phenoxy) is 2. The molecule has 3 aliphatic heterocycles. The van der Waals surface area contributed by atoms with Crippen LogP contribution in [0.2, 0.25) is 0 Å². The lowest BCUT2D eigenvalue weighted by molar-refractivity contribution is -0.153. The molecule has 3 aliphatic rings. The average Bonchev–Trinajstić information content (AvgIpc) is 3.82. The minimum absolute atomic E-state index is 0.0228.